The van der Waals surface area contributed by atoms with Gasteiger partial charge < -0.3 is 5.32 Å². The lowest BCUT2D eigenvalue weighted by molar-refractivity contribution is -0.123. The fourth-order valence-corrected chi connectivity index (χ4v) is 5.42. The zero-order valence-electron chi connectivity index (χ0n) is 14.2. The van der Waals surface area contributed by atoms with E-state index in [1.54, 1.807) is 6.07 Å². The molecule has 6 nitrogen and oxygen atoms in total. The van der Waals surface area contributed by atoms with Crippen molar-refractivity contribution >= 4 is 38.9 Å². The van der Waals surface area contributed by atoms with Gasteiger partial charge in [0.2, 0.25) is 5.91 Å². The van der Waals surface area contributed by atoms with Crippen LogP contribution in [0.5, 0.6) is 0 Å². The number of nitrogens with one attached hydrogen (secondary N) is 1. The number of thiophene rings is 1. The Morgan fingerprint density at radius 1 is 1.25 bits per heavy atom. The molecule has 0 bridgehead atoms. The minimum absolute atomic E-state index is 0.0162. The molecule has 0 aromatic carbocycles. The number of nitrogens with zero attached hydrogens (tertiary/aromatic N) is 2. The summed E-state index contributed by atoms with van der Waals surface area (Å²) >= 11 is 6.90. The predicted octanol–water partition coefficient (Wildman–Crippen LogP) is 1.87. The summed E-state index contributed by atoms with van der Waals surface area (Å²) in [6.45, 7) is 8.26. The Morgan fingerprint density at radius 3 is 2.38 bits per heavy atom. The van der Waals surface area contributed by atoms with E-state index in [0.717, 1.165) is 11.3 Å². The first-order chi connectivity index (χ1) is 11.2. The lowest BCUT2D eigenvalue weighted by atomic mass is 10.1. The molecule has 9 heteroatoms. The van der Waals surface area contributed by atoms with Crippen molar-refractivity contribution < 1.29 is 13.2 Å². The molecule has 136 valence electrons. The number of amides is 1. The van der Waals surface area contributed by atoms with E-state index < -0.39 is 10.0 Å². The van der Waals surface area contributed by atoms with Crippen molar-refractivity contribution in [1.82, 2.24) is 14.5 Å². The van der Waals surface area contributed by atoms with Gasteiger partial charge in [0, 0.05) is 32.2 Å². The van der Waals surface area contributed by atoms with Gasteiger partial charge in [0.15, 0.2) is 0 Å². The van der Waals surface area contributed by atoms with Gasteiger partial charge in [-0.05, 0) is 25.0 Å². The number of hydrogen-bond donors (Lipinski definition) is 1. The molecule has 1 atom stereocenters. The highest BCUT2D eigenvalue weighted by Crippen LogP contribution is 2.28. The molecule has 1 fully saturated rings. The summed E-state index contributed by atoms with van der Waals surface area (Å²) in [5.41, 5.74) is 0. The van der Waals surface area contributed by atoms with Gasteiger partial charge in [0.25, 0.3) is 10.0 Å². The lowest BCUT2D eigenvalue weighted by Gasteiger charge is -2.33. The van der Waals surface area contributed by atoms with Crippen LogP contribution in [0.25, 0.3) is 0 Å². The molecule has 1 aromatic rings. The molecule has 0 spiro atoms. The van der Waals surface area contributed by atoms with Crippen molar-refractivity contribution in [2.24, 2.45) is 5.92 Å². The molecule has 0 saturated carbocycles. The van der Waals surface area contributed by atoms with Crippen molar-refractivity contribution in [3.63, 3.8) is 0 Å². The summed E-state index contributed by atoms with van der Waals surface area (Å²) in [7, 11) is -3.48. The molecule has 24 heavy (non-hydrogen) atoms. The molecule has 1 unspecified atom stereocenters. The number of piperazine rings is 1. The normalized spacial score (nSPS) is 18.7. The van der Waals surface area contributed by atoms with Crippen molar-refractivity contribution in [2.45, 2.75) is 31.0 Å². The molecule has 1 aromatic heterocycles. The molecule has 2 rings (SSSR count). The Balaban J connectivity index is 1.86. The van der Waals surface area contributed by atoms with E-state index in [1.807, 2.05) is 11.8 Å². The van der Waals surface area contributed by atoms with Crippen LogP contribution in [0.3, 0.4) is 0 Å². The van der Waals surface area contributed by atoms with Crippen molar-refractivity contribution in [3.05, 3.63) is 16.5 Å². The molecule has 2 heterocycles. The third-order valence-electron chi connectivity index (χ3n) is 4.23. The monoisotopic (exact) mass is 393 g/mol. The SMILES string of the molecule is CC(C)C(C)NC(=O)CN1CCN(S(=O)(=O)c2ccc(Cl)s2)CC1. The summed E-state index contributed by atoms with van der Waals surface area (Å²) in [6.07, 6.45) is 0. The maximum Gasteiger partial charge on any atom is 0.252 e. The summed E-state index contributed by atoms with van der Waals surface area (Å²) in [4.78, 5) is 14.0. The standard InChI is InChI=1S/C15H24ClN3O3S2/c1-11(2)12(3)17-14(20)10-18-6-8-19(9-7-18)24(21,22)15-5-4-13(16)23-15/h4-5,11-12H,6-10H2,1-3H3,(H,17,20). The molecule has 1 N–H and O–H groups in total. The Morgan fingerprint density at radius 2 is 1.88 bits per heavy atom. The van der Waals surface area contributed by atoms with Crippen LogP contribution < -0.4 is 5.32 Å². The first kappa shape index (κ1) is 19.7. The summed E-state index contributed by atoms with van der Waals surface area (Å²) in [5.74, 6) is 0.367. The van der Waals surface area contributed by atoms with Crippen LogP contribution in [0.4, 0.5) is 0 Å². The number of rotatable bonds is 6. The Hall–Kier alpha value is -0.670. The number of carbonyl (C=O) groups is 1. The summed E-state index contributed by atoms with van der Waals surface area (Å²) in [5, 5.41) is 2.97. The number of sulfonamides is 1. The average molecular weight is 394 g/mol. The molecule has 1 aliphatic rings. The van der Waals surface area contributed by atoms with Crippen molar-refractivity contribution in [2.75, 3.05) is 32.7 Å². The Bertz CT molecular complexity index is 667. The minimum atomic E-state index is -3.48. The van der Waals surface area contributed by atoms with Gasteiger partial charge in [-0.1, -0.05) is 25.4 Å². The van der Waals surface area contributed by atoms with E-state index >= 15 is 0 Å². The van der Waals surface area contributed by atoms with Crippen LogP contribution in [0.15, 0.2) is 16.3 Å². The molecule has 1 amide bonds. The third-order valence-corrected chi connectivity index (χ3v) is 7.83. The zero-order valence-corrected chi connectivity index (χ0v) is 16.5. The smallest absolute Gasteiger partial charge is 0.252 e. The van der Waals surface area contributed by atoms with Gasteiger partial charge in [-0.2, -0.15) is 4.31 Å². The zero-order chi connectivity index (χ0) is 17.9. The van der Waals surface area contributed by atoms with Gasteiger partial charge in [-0.3, -0.25) is 9.69 Å². The first-order valence-electron chi connectivity index (χ1n) is 7.97. The summed E-state index contributed by atoms with van der Waals surface area (Å²) < 4.78 is 27.2. The van der Waals surface area contributed by atoms with Crippen LogP contribution in [0, 0.1) is 5.92 Å². The number of carbonyl (C=O) groups excluding carboxylic acids is 1. The van der Waals surface area contributed by atoms with E-state index in [0.29, 0.717) is 43.0 Å². The van der Waals surface area contributed by atoms with Gasteiger partial charge in [0.1, 0.15) is 4.21 Å². The number of halogens is 1. The fourth-order valence-electron chi connectivity index (χ4n) is 2.36. The predicted molar refractivity (Wildman–Crippen MR) is 97.0 cm³/mol. The lowest BCUT2D eigenvalue weighted by Crippen LogP contribution is -2.51. The van der Waals surface area contributed by atoms with Crippen LogP contribution in [0.2, 0.25) is 4.34 Å². The van der Waals surface area contributed by atoms with Crippen molar-refractivity contribution in [3.8, 4) is 0 Å². The second-order valence-electron chi connectivity index (χ2n) is 6.34. The third kappa shape index (κ3) is 4.92. The van der Waals surface area contributed by atoms with Crippen LogP contribution in [0.1, 0.15) is 20.8 Å². The van der Waals surface area contributed by atoms with Gasteiger partial charge >= 0.3 is 0 Å². The maximum absolute atomic E-state index is 12.5. The highest BCUT2D eigenvalue weighted by Gasteiger charge is 2.30. The molecular formula is C15H24ClN3O3S2. The van der Waals surface area contributed by atoms with Gasteiger partial charge in [-0.25, -0.2) is 8.42 Å². The second-order valence-corrected chi connectivity index (χ2v) is 10.2. The maximum atomic E-state index is 12.5. The fraction of sp³-hybridized carbons (Fsp3) is 0.667. The molecule has 0 radical (unpaired) electrons. The molecular weight excluding hydrogens is 370 g/mol. The van der Waals surface area contributed by atoms with E-state index in [1.165, 1.54) is 10.4 Å². The largest absolute Gasteiger partial charge is 0.352 e. The van der Waals surface area contributed by atoms with E-state index in [2.05, 4.69) is 19.2 Å². The van der Waals surface area contributed by atoms with Gasteiger partial charge in [0.05, 0.1) is 10.9 Å². The van der Waals surface area contributed by atoms with Crippen LogP contribution >= 0.6 is 22.9 Å². The molecule has 0 aliphatic carbocycles. The van der Waals surface area contributed by atoms with E-state index in [-0.39, 0.29) is 16.2 Å². The van der Waals surface area contributed by atoms with Crippen molar-refractivity contribution in [1.29, 1.82) is 0 Å². The second kappa shape index (κ2) is 8.14. The average Bonchev–Trinajstić information content (AvgIpc) is 2.95. The molecule has 1 aliphatic heterocycles. The van der Waals surface area contributed by atoms with E-state index in [9.17, 15) is 13.2 Å². The van der Waals surface area contributed by atoms with Crippen LogP contribution in [-0.2, 0) is 14.8 Å². The first-order valence-corrected chi connectivity index (χ1v) is 10.6. The van der Waals surface area contributed by atoms with Gasteiger partial charge in [-0.15, -0.1) is 11.3 Å². The quantitative estimate of drug-likeness (QED) is 0.801. The van der Waals surface area contributed by atoms with Crippen LogP contribution in [-0.4, -0.2) is 62.3 Å². The van der Waals surface area contributed by atoms with E-state index in [4.69, 9.17) is 11.6 Å². The summed E-state index contributed by atoms with van der Waals surface area (Å²) in [6, 6.07) is 3.26. The Labute approximate surface area is 152 Å². The minimum Gasteiger partial charge on any atom is -0.352 e. The molecule has 1 saturated heterocycles. The Kier molecular flexibility index (Phi) is 6.66. The number of hydrogen-bond acceptors (Lipinski definition) is 5. The highest BCUT2D eigenvalue weighted by atomic mass is 35.5. The highest BCUT2D eigenvalue weighted by molar-refractivity contribution is 7.91. The topological polar surface area (TPSA) is 69.7 Å².